The van der Waals surface area contributed by atoms with E-state index in [0.29, 0.717) is 11.8 Å². The number of rotatable bonds is 6. The fourth-order valence-corrected chi connectivity index (χ4v) is 1.95. The first kappa shape index (κ1) is 13.1. The van der Waals surface area contributed by atoms with E-state index < -0.39 is 0 Å². The van der Waals surface area contributed by atoms with Gasteiger partial charge in [-0.15, -0.1) is 0 Å². The van der Waals surface area contributed by atoms with Crippen molar-refractivity contribution in [3.8, 4) is 0 Å². The maximum Gasteiger partial charge on any atom is 0.193 e. The van der Waals surface area contributed by atoms with Gasteiger partial charge in [-0.1, -0.05) is 30.3 Å². The molecule has 18 heavy (non-hydrogen) atoms. The lowest BCUT2D eigenvalue weighted by Crippen LogP contribution is -2.33. The number of hydrogen-bond acceptors (Lipinski definition) is 3. The van der Waals surface area contributed by atoms with Gasteiger partial charge in [0.05, 0.1) is 13.2 Å². The number of benzene rings is 1. The molecule has 0 saturated carbocycles. The topological polar surface area (TPSA) is 45.4 Å². The molecular weight excluding hydrogens is 250 g/mol. The first-order valence-corrected chi connectivity index (χ1v) is 6.28. The molecule has 0 aliphatic heterocycles. The number of nitrogens with one attached hydrogen (secondary N) is 1. The van der Waals surface area contributed by atoms with Crippen molar-refractivity contribution in [1.82, 2.24) is 5.32 Å². The molecule has 96 valence electrons. The zero-order valence-electron chi connectivity index (χ0n) is 9.97. The molecule has 0 aliphatic rings. The first-order chi connectivity index (χ1) is 8.78. The fraction of sp³-hybridized carbons (Fsp3) is 0.286. The molecule has 0 unspecified atom stereocenters. The van der Waals surface area contributed by atoms with E-state index in [4.69, 9.17) is 16.0 Å². The largest absolute Gasteiger partial charge is 0.448 e. The Labute approximate surface area is 111 Å². The minimum Gasteiger partial charge on any atom is -0.448 e. The van der Waals surface area contributed by atoms with E-state index in [0.717, 1.165) is 12.2 Å². The molecule has 0 amide bonds. The highest BCUT2D eigenvalue weighted by atomic mass is 35.5. The molecule has 2 aromatic rings. The molecule has 3 nitrogen and oxygen atoms in total. The highest BCUT2D eigenvalue weighted by Crippen LogP contribution is 2.13. The quantitative estimate of drug-likeness (QED) is 0.844. The molecule has 0 aliphatic carbocycles. The summed E-state index contributed by atoms with van der Waals surface area (Å²) in [7, 11) is 0. The van der Waals surface area contributed by atoms with Crippen LogP contribution in [0.25, 0.3) is 0 Å². The van der Waals surface area contributed by atoms with Gasteiger partial charge >= 0.3 is 0 Å². The van der Waals surface area contributed by atoms with Crippen molar-refractivity contribution in [3.63, 3.8) is 0 Å². The van der Waals surface area contributed by atoms with Crippen molar-refractivity contribution < 1.29 is 9.52 Å². The smallest absolute Gasteiger partial charge is 0.193 e. The van der Waals surface area contributed by atoms with Crippen molar-refractivity contribution in [3.05, 3.63) is 59.0 Å². The van der Waals surface area contributed by atoms with Gasteiger partial charge in [-0.3, -0.25) is 0 Å². The Morgan fingerprint density at radius 3 is 2.56 bits per heavy atom. The van der Waals surface area contributed by atoms with Crippen LogP contribution in [0.15, 0.2) is 46.9 Å². The van der Waals surface area contributed by atoms with E-state index >= 15 is 0 Å². The molecule has 1 heterocycles. The van der Waals surface area contributed by atoms with Gasteiger partial charge in [0.1, 0.15) is 5.76 Å². The van der Waals surface area contributed by atoms with Crippen molar-refractivity contribution in [1.29, 1.82) is 0 Å². The monoisotopic (exact) mass is 265 g/mol. The van der Waals surface area contributed by atoms with Crippen LogP contribution in [0.3, 0.4) is 0 Å². The maximum atomic E-state index is 9.35. The number of halogens is 1. The Kier molecular flexibility index (Phi) is 4.81. The Balaban J connectivity index is 1.86. The Morgan fingerprint density at radius 2 is 1.94 bits per heavy atom. The van der Waals surface area contributed by atoms with Gasteiger partial charge < -0.3 is 14.8 Å². The third kappa shape index (κ3) is 3.88. The predicted octanol–water partition coefficient (Wildman–Crippen LogP) is 2.63. The summed E-state index contributed by atoms with van der Waals surface area (Å²) in [4.78, 5) is 0. The van der Waals surface area contributed by atoms with Gasteiger partial charge in [0.2, 0.25) is 0 Å². The van der Waals surface area contributed by atoms with E-state index in [1.807, 2.05) is 36.4 Å². The van der Waals surface area contributed by atoms with Gasteiger partial charge in [0, 0.05) is 6.04 Å². The van der Waals surface area contributed by atoms with E-state index in [1.165, 1.54) is 5.56 Å². The van der Waals surface area contributed by atoms with Gasteiger partial charge in [-0.2, -0.15) is 0 Å². The second-order valence-electron chi connectivity index (χ2n) is 4.16. The summed E-state index contributed by atoms with van der Waals surface area (Å²) in [5.41, 5.74) is 1.20. The summed E-state index contributed by atoms with van der Waals surface area (Å²) in [6.07, 6.45) is 0.784. The first-order valence-electron chi connectivity index (χ1n) is 5.90. The normalized spacial score (nSPS) is 12.6. The molecule has 2 N–H and O–H groups in total. The van der Waals surface area contributed by atoms with E-state index in [1.54, 1.807) is 6.07 Å². The molecule has 0 bridgehead atoms. The molecule has 1 aromatic heterocycles. The molecule has 0 saturated heterocycles. The molecule has 1 aromatic carbocycles. The molecule has 0 spiro atoms. The Morgan fingerprint density at radius 1 is 1.17 bits per heavy atom. The lowest BCUT2D eigenvalue weighted by Gasteiger charge is -2.15. The van der Waals surface area contributed by atoms with E-state index in [-0.39, 0.29) is 12.6 Å². The van der Waals surface area contributed by atoms with Crippen molar-refractivity contribution >= 4 is 11.6 Å². The second kappa shape index (κ2) is 6.59. The van der Waals surface area contributed by atoms with Crippen LogP contribution in [0.1, 0.15) is 11.3 Å². The highest BCUT2D eigenvalue weighted by Gasteiger charge is 2.09. The number of hydrogen-bond donors (Lipinski definition) is 2. The summed E-state index contributed by atoms with van der Waals surface area (Å²) >= 11 is 5.70. The Hall–Kier alpha value is -1.29. The maximum absolute atomic E-state index is 9.35. The van der Waals surface area contributed by atoms with E-state index in [9.17, 15) is 5.11 Å². The zero-order valence-corrected chi connectivity index (χ0v) is 10.7. The lowest BCUT2D eigenvalue weighted by atomic mass is 10.1. The minimum atomic E-state index is 0.0104. The van der Waals surface area contributed by atoms with E-state index in [2.05, 4.69) is 5.32 Å². The van der Waals surface area contributed by atoms with Crippen LogP contribution in [0.5, 0.6) is 0 Å². The molecular formula is C14H16ClNO2. The number of furan rings is 1. The van der Waals surface area contributed by atoms with Crippen LogP contribution in [0, 0.1) is 0 Å². The van der Waals surface area contributed by atoms with Crippen LogP contribution < -0.4 is 5.32 Å². The van der Waals surface area contributed by atoms with Crippen LogP contribution in [-0.4, -0.2) is 17.8 Å². The Bertz CT molecular complexity index is 470. The van der Waals surface area contributed by atoms with Crippen LogP contribution in [0.4, 0.5) is 0 Å². The summed E-state index contributed by atoms with van der Waals surface area (Å²) < 4.78 is 5.25. The molecule has 4 heteroatoms. The molecule has 1 atom stereocenters. The fourth-order valence-electron chi connectivity index (χ4n) is 1.79. The predicted molar refractivity (Wildman–Crippen MR) is 71.6 cm³/mol. The molecule has 0 fully saturated rings. The SMILES string of the molecule is OC[C@@H](Cc1ccccc1)NCc1ccc(Cl)o1. The summed E-state index contributed by atoms with van der Waals surface area (Å²) in [6, 6.07) is 13.6. The summed E-state index contributed by atoms with van der Waals surface area (Å²) in [5, 5.41) is 13.0. The standard InChI is InChI=1S/C14H16ClNO2/c15-14-7-6-13(18-14)9-16-12(10-17)8-11-4-2-1-3-5-11/h1-7,12,16-17H,8-10H2/t12-/m1/s1. The van der Waals surface area contributed by atoms with Crippen LogP contribution in [0.2, 0.25) is 5.22 Å². The average molecular weight is 266 g/mol. The van der Waals surface area contributed by atoms with Gasteiger partial charge in [-0.25, -0.2) is 0 Å². The second-order valence-corrected chi connectivity index (χ2v) is 4.53. The number of aliphatic hydroxyl groups is 1. The minimum absolute atomic E-state index is 0.0104. The highest BCUT2D eigenvalue weighted by molar-refractivity contribution is 6.28. The third-order valence-corrected chi connectivity index (χ3v) is 2.94. The van der Waals surface area contributed by atoms with Crippen LogP contribution in [-0.2, 0) is 13.0 Å². The average Bonchev–Trinajstić information content (AvgIpc) is 2.81. The van der Waals surface area contributed by atoms with Crippen molar-refractivity contribution in [2.24, 2.45) is 0 Å². The van der Waals surface area contributed by atoms with Gasteiger partial charge in [0.25, 0.3) is 0 Å². The van der Waals surface area contributed by atoms with Crippen LogP contribution >= 0.6 is 11.6 Å². The molecule has 2 rings (SSSR count). The summed E-state index contributed by atoms with van der Waals surface area (Å²) in [5.74, 6) is 0.770. The lowest BCUT2D eigenvalue weighted by molar-refractivity contribution is 0.238. The third-order valence-electron chi connectivity index (χ3n) is 2.74. The number of aliphatic hydroxyl groups excluding tert-OH is 1. The van der Waals surface area contributed by atoms with Crippen molar-refractivity contribution in [2.75, 3.05) is 6.61 Å². The summed E-state index contributed by atoms with van der Waals surface area (Å²) in [6.45, 7) is 0.647. The zero-order chi connectivity index (χ0) is 12.8. The molecule has 0 radical (unpaired) electrons. The van der Waals surface area contributed by atoms with Gasteiger partial charge in [-0.05, 0) is 35.7 Å². The van der Waals surface area contributed by atoms with Crippen molar-refractivity contribution in [2.45, 2.75) is 19.0 Å². The van der Waals surface area contributed by atoms with Gasteiger partial charge in [0.15, 0.2) is 5.22 Å².